The van der Waals surface area contributed by atoms with Gasteiger partial charge in [-0.2, -0.15) is 0 Å². The number of sulfonamides is 1. The Bertz CT molecular complexity index is 672. The highest BCUT2D eigenvalue weighted by atomic mass is 35.5. The minimum atomic E-state index is -4.07. The molecule has 0 aliphatic carbocycles. The summed E-state index contributed by atoms with van der Waals surface area (Å²) >= 11 is 11.7. The molecule has 0 spiro atoms. The Morgan fingerprint density at radius 2 is 2.10 bits per heavy atom. The number of carbonyl (C=O) groups excluding carboxylic acids is 1. The van der Waals surface area contributed by atoms with Crippen LogP contribution in [0.3, 0.4) is 0 Å². The molecule has 0 aromatic heterocycles. The van der Waals surface area contributed by atoms with Crippen LogP contribution in [0.5, 0.6) is 0 Å². The lowest BCUT2D eigenvalue weighted by molar-refractivity contribution is 0.0711. The van der Waals surface area contributed by atoms with Crippen LogP contribution < -0.4 is 5.14 Å². The van der Waals surface area contributed by atoms with Crippen LogP contribution in [0.25, 0.3) is 0 Å². The van der Waals surface area contributed by atoms with E-state index < -0.39 is 10.0 Å². The predicted octanol–water partition coefficient (Wildman–Crippen LogP) is 1.50. The molecule has 2 N–H and O–H groups in total. The molecule has 1 aliphatic heterocycles. The van der Waals surface area contributed by atoms with Gasteiger partial charge < -0.3 is 9.64 Å². The first kappa shape index (κ1) is 16.5. The van der Waals surface area contributed by atoms with Gasteiger partial charge in [0.05, 0.1) is 22.7 Å². The average molecular weight is 353 g/mol. The van der Waals surface area contributed by atoms with Crippen molar-refractivity contribution in [1.82, 2.24) is 4.90 Å². The van der Waals surface area contributed by atoms with Crippen LogP contribution in [-0.2, 0) is 14.8 Å². The molecule has 6 nitrogen and oxygen atoms in total. The largest absolute Gasteiger partial charge is 0.379 e. The molecule has 1 unspecified atom stereocenters. The molecule has 1 saturated heterocycles. The topological polar surface area (TPSA) is 89.7 Å². The summed E-state index contributed by atoms with van der Waals surface area (Å²) in [4.78, 5) is 13.5. The Balaban J connectivity index is 2.40. The number of primary sulfonamides is 1. The van der Waals surface area contributed by atoms with Gasteiger partial charge in [0.2, 0.25) is 10.0 Å². The first-order valence-electron chi connectivity index (χ1n) is 6.08. The van der Waals surface area contributed by atoms with Crippen LogP contribution in [0.4, 0.5) is 0 Å². The average Bonchev–Trinajstić information content (AvgIpc) is 2.92. The fraction of sp³-hybridized carbons (Fsp3) is 0.417. The quantitative estimate of drug-likeness (QED) is 0.892. The molecular weight excluding hydrogens is 339 g/mol. The van der Waals surface area contributed by atoms with Crippen molar-refractivity contribution in [3.63, 3.8) is 0 Å². The monoisotopic (exact) mass is 352 g/mol. The van der Waals surface area contributed by atoms with E-state index in [4.69, 9.17) is 33.1 Å². The van der Waals surface area contributed by atoms with Crippen molar-refractivity contribution in [2.45, 2.75) is 17.4 Å². The third kappa shape index (κ3) is 3.49. The molecule has 116 valence electrons. The van der Waals surface area contributed by atoms with Crippen molar-refractivity contribution in [1.29, 1.82) is 0 Å². The van der Waals surface area contributed by atoms with E-state index in [0.29, 0.717) is 13.2 Å². The molecule has 1 atom stereocenters. The van der Waals surface area contributed by atoms with E-state index in [1.807, 2.05) is 0 Å². The highest BCUT2D eigenvalue weighted by Gasteiger charge is 2.27. The number of likely N-dealkylation sites (N-methyl/N-ethyl adjacent to an activating group) is 1. The summed E-state index contributed by atoms with van der Waals surface area (Å²) in [7, 11) is -2.44. The van der Waals surface area contributed by atoms with Crippen molar-refractivity contribution >= 4 is 39.1 Å². The lowest BCUT2D eigenvalue weighted by Crippen LogP contribution is -2.37. The number of amides is 1. The van der Waals surface area contributed by atoms with Gasteiger partial charge in [-0.25, -0.2) is 13.6 Å². The smallest absolute Gasteiger partial charge is 0.254 e. The predicted molar refractivity (Wildman–Crippen MR) is 79.2 cm³/mol. The minimum Gasteiger partial charge on any atom is -0.379 e. The van der Waals surface area contributed by atoms with E-state index in [2.05, 4.69) is 0 Å². The second kappa shape index (κ2) is 6.10. The zero-order valence-electron chi connectivity index (χ0n) is 11.2. The van der Waals surface area contributed by atoms with Crippen molar-refractivity contribution in [3.8, 4) is 0 Å². The van der Waals surface area contributed by atoms with Crippen LogP contribution in [-0.4, -0.2) is 45.5 Å². The number of ether oxygens (including phenoxy) is 1. The fourth-order valence-corrected chi connectivity index (χ4v) is 3.45. The number of rotatable bonds is 3. The van der Waals surface area contributed by atoms with Crippen molar-refractivity contribution in [2.75, 3.05) is 20.3 Å². The molecular formula is C12H14Cl2N2O4S. The summed E-state index contributed by atoms with van der Waals surface area (Å²) in [6.07, 6.45) is 0.728. The summed E-state index contributed by atoms with van der Waals surface area (Å²) in [5.41, 5.74) is 0.114. The molecule has 1 amide bonds. The van der Waals surface area contributed by atoms with Crippen LogP contribution in [0.1, 0.15) is 16.8 Å². The zero-order chi connectivity index (χ0) is 15.8. The maximum absolute atomic E-state index is 12.4. The number of nitrogens with two attached hydrogens (primary N) is 1. The van der Waals surface area contributed by atoms with E-state index in [9.17, 15) is 13.2 Å². The van der Waals surface area contributed by atoms with E-state index in [1.54, 1.807) is 7.05 Å². The lowest BCUT2D eigenvalue weighted by Gasteiger charge is -2.23. The number of carbonyl (C=O) groups is 1. The first-order chi connectivity index (χ1) is 9.71. The van der Waals surface area contributed by atoms with E-state index >= 15 is 0 Å². The molecule has 0 saturated carbocycles. The maximum atomic E-state index is 12.4. The van der Waals surface area contributed by atoms with Crippen molar-refractivity contribution in [3.05, 3.63) is 27.7 Å². The summed E-state index contributed by atoms with van der Waals surface area (Å²) in [6, 6.07) is 2.41. The number of hydrogen-bond acceptors (Lipinski definition) is 4. The summed E-state index contributed by atoms with van der Waals surface area (Å²) < 4.78 is 28.2. The fourth-order valence-electron chi connectivity index (χ4n) is 2.09. The number of benzene rings is 1. The highest BCUT2D eigenvalue weighted by molar-refractivity contribution is 7.89. The van der Waals surface area contributed by atoms with Crippen LogP contribution in [0, 0.1) is 0 Å². The molecule has 1 aromatic carbocycles. The van der Waals surface area contributed by atoms with Gasteiger partial charge in [-0.15, -0.1) is 0 Å². The third-order valence-electron chi connectivity index (χ3n) is 3.32. The molecule has 21 heavy (non-hydrogen) atoms. The maximum Gasteiger partial charge on any atom is 0.254 e. The van der Waals surface area contributed by atoms with Gasteiger partial charge in [-0.05, 0) is 18.6 Å². The molecule has 1 aromatic rings. The van der Waals surface area contributed by atoms with Gasteiger partial charge in [0.25, 0.3) is 5.91 Å². The summed E-state index contributed by atoms with van der Waals surface area (Å²) in [5, 5.41) is 4.85. The van der Waals surface area contributed by atoms with Crippen molar-refractivity contribution in [2.24, 2.45) is 5.14 Å². The van der Waals surface area contributed by atoms with E-state index in [0.717, 1.165) is 12.5 Å². The van der Waals surface area contributed by atoms with Crippen LogP contribution >= 0.6 is 23.2 Å². The second-order valence-electron chi connectivity index (χ2n) is 4.75. The number of hydrogen-bond donors (Lipinski definition) is 1. The summed E-state index contributed by atoms with van der Waals surface area (Å²) in [6.45, 7) is 1.04. The Labute approximate surface area is 132 Å². The van der Waals surface area contributed by atoms with E-state index in [1.165, 1.54) is 11.0 Å². The van der Waals surface area contributed by atoms with Crippen LogP contribution in [0.2, 0.25) is 10.0 Å². The Hall–Kier alpha value is -0.860. The zero-order valence-corrected chi connectivity index (χ0v) is 13.5. The molecule has 0 bridgehead atoms. The molecule has 1 heterocycles. The van der Waals surface area contributed by atoms with Gasteiger partial charge in [-0.1, -0.05) is 23.2 Å². The normalized spacial score (nSPS) is 18.8. The molecule has 1 aliphatic rings. The van der Waals surface area contributed by atoms with Gasteiger partial charge in [0.1, 0.15) is 4.90 Å². The molecule has 0 radical (unpaired) electrons. The standard InChI is InChI=1S/C12H14Cl2N2O4S/c1-16(8-2-3-20-6-8)12(17)7-4-9(13)11(14)10(5-7)21(15,18)19/h4-5,8H,2-3,6H2,1H3,(H2,15,18,19). The van der Waals surface area contributed by atoms with Gasteiger partial charge >= 0.3 is 0 Å². The van der Waals surface area contributed by atoms with Gasteiger partial charge in [0, 0.05) is 19.2 Å². The summed E-state index contributed by atoms with van der Waals surface area (Å²) in [5.74, 6) is -0.367. The van der Waals surface area contributed by atoms with Gasteiger partial charge in [-0.3, -0.25) is 4.79 Å². The minimum absolute atomic E-state index is 0.0392. The third-order valence-corrected chi connectivity index (χ3v) is 5.17. The highest BCUT2D eigenvalue weighted by Crippen LogP contribution is 2.31. The number of nitrogens with zero attached hydrogens (tertiary/aromatic N) is 1. The van der Waals surface area contributed by atoms with Crippen molar-refractivity contribution < 1.29 is 17.9 Å². The number of halogens is 2. The molecule has 9 heteroatoms. The van der Waals surface area contributed by atoms with E-state index in [-0.39, 0.29) is 32.5 Å². The lowest BCUT2D eigenvalue weighted by atomic mass is 10.1. The molecule has 1 fully saturated rings. The first-order valence-corrected chi connectivity index (χ1v) is 8.39. The Morgan fingerprint density at radius 1 is 1.43 bits per heavy atom. The Morgan fingerprint density at radius 3 is 2.62 bits per heavy atom. The van der Waals surface area contributed by atoms with Crippen LogP contribution in [0.15, 0.2) is 17.0 Å². The van der Waals surface area contributed by atoms with Gasteiger partial charge in [0.15, 0.2) is 0 Å². The second-order valence-corrected chi connectivity index (χ2v) is 7.06. The SMILES string of the molecule is CN(C(=O)c1cc(Cl)c(Cl)c(S(N)(=O)=O)c1)C1CCOC1. The molecule has 2 rings (SSSR count). The Kier molecular flexibility index (Phi) is 4.79.